The molecule has 8 heteroatoms. The van der Waals surface area contributed by atoms with E-state index in [0.717, 1.165) is 0 Å². The van der Waals surface area contributed by atoms with Crippen molar-refractivity contribution >= 4 is 12.4 Å². The summed E-state index contributed by atoms with van der Waals surface area (Å²) in [5.41, 5.74) is 0.372. The lowest BCUT2D eigenvalue weighted by Gasteiger charge is -2.38. The normalized spacial score (nSPS) is 17.3. The summed E-state index contributed by atoms with van der Waals surface area (Å²) in [4.78, 5) is 1.68. The molecular weight excluding hydrogens is 330 g/mol. The fourth-order valence-corrected chi connectivity index (χ4v) is 2.74. The van der Waals surface area contributed by atoms with Crippen LogP contribution < -0.4 is 14.8 Å². The Hall–Kier alpha value is -1.15. The topological polar surface area (TPSA) is 54.0 Å². The number of nitrogens with zero attached hydrogens (tertiary/aromatic N) is 1. The van der Waals surface area contributed by atoms with Crippen molar-refractivity contribution in [1.82, 2.24) is 10.2 Å². The van der Waals surface area contributed by atoms with Crippen molar-refractivity contribution in [1.29, 1.82) is 0 Å². The average Bonchev–Trinajstić information content (AvgIpc) is 2.55. The summed E-state index contributed by atoms with van der Waals surface area (Å²) in [7, 11) is 2.95. The third-order valence-corrected chi connectivity index (χ3v) is 3.82. The van der Waals surface area contributed by atoms with Gasteiger partial charge in [-0.15, -0.1) is 12.4 Å². The van der Waals surface area contributed by atoms with Crippen LogP contribution in [-0.4, -0.2) is 62.9 Å². The molecule has 1 heterocycles. The molecule has 1 aliphatic heterocycles. The molecule has 1 fully saturated rings. The number of halogens is 3. The van der Waals surface area contributed by atoms with Crippen molar-refractivity contribution < 1.29 is 23.4 Å². The van der Waals surface area contributed by atoms with Crippen molar-refractivity contribution in [2.45, 2.75) is 12.0 Å². The van der Waals surface area contributed by atoms with Crippen molar-refractivity contribution in [3.05, 3.63) is 23.8 Å². The van der Waals surface area contributed by atoms with Crippen LogP contribution in [-0.2, 0) is 0 Å². The molecule has 0 saturated carbocycles. The van der Waals surface area contributed by atoms with Crippen LogP contribution >= 0.6 is 12.4 Å². The van der Waals surface area contributed by atoms with Crippen LogP contribution in [0.15, 0.2) is 18.2 Å². The van der Waals surface area contributed by atoms with Crippen LogP contribution in [0.25, 0.3) is 0 Å². The van der Waals surface area contributed by atoms with E-state index >= 15 is 0 Å². The van der Waals surface area contributed by atoms with Gasteiger partial charge in [0.15, 0.2) is 0 Å². The number of alkyl halides is 2. The molecule has 1 saturated heterocycles. The van der Waals surface area contributed by atoms with Gasteiger partial charge in [-0.3, -0.25) is 4.90 Å². The maximum absolute atomic E-state index is 14.4. The maximum Gasteiger partial charge on any atom is 0.289 e. The zero-order valence-electron chi connectivity index (χ0n) is 13.2. The molecule has 0 radical (unpaired) electrons. The minimum atomic E-state index is -3.26. The molecule has 5 nitrogen and oxygen atoms in total. The highest BCUT2D eigenvalue weighted by Crippen LogP contribution is 2.39. The van der Waals surface area contributed by atoms with E-state index in [-0.39, 0.29) is 12.4 Å². The molecule has 1 aliphatic rings. The Labute approximate surface area is 141 Å². The first-order valence-corrected chi connectivity index (χ1v) is 7.18. The lowest BCUT2D eigenvalue weighted by Crippen LogP contribution is -2.51. The highest BCUT2D eigenvalue weighted by Gasteiger charge is 2.44. The summed E-state index contributed by atoms with van der Waals surface area (Å²) in [6.07, 6.45) is 0. The van der Waals surface area contributed by atoms with Gasteiger partial charge in [0.1, 0.15) is 24.1 Å². The van der Waals surface area contributed by atoms with Gasteiger partial charge in [0.05, 0.1) is 14.2 Å². The van der Waals surface area contributed by atoms with Crippen LogP contribution in [0.5, 0.6) is 11.5 Å². The monoisotopic (exact) mass is 352 g/mol. The van der Waals surface area contributed by atoms with E-state index < -0.39 is 18.6 Å². The first kappa shape index (κ1) is 19.9. The Morgan fingerprint density at radius 2 is 1.70 bits per heavy atom. The standard InChI is InChI=1S/C15H22F2N2O3.ClH/c1-21-12-7-11(8-13(9-12)22-2)14(15(16,17)10-20)19-5-3-18-4-6-19;/h7-9,14,18,20H,3-6,10H2,1-2H3;1H/t14-;/m1./s1. The van der Waals surface area contributed by atoms with Gasteiger partial charge in [0.25, 0.3) is 5.92 Å². The molecule has 0 bridgehead atoms. The number of piperazine rings is 1. The summed E-state index contributed by atoms with van der Waals surface area (Å²) in [6, 6.07) is 3.55. The first-order valence-electron chi connectivity index (χ1n) is 7.18. The SMILES string of the molecule is COc1cc(OC)cc([C@@H](N2CCNCC2)C(F)(F)CO)c1.Cl. The Balaban J connectivity index is 0.00000264. The molecule has 0 spiro atoms. The van der Waals surface area contributed by atoms with Crippen LogP contribution in [0, 0.1) is 0 Å². The molecule has 1 aromatic rings. The van der Waals surface area contributed by atoms with Crippen LogP contribution in [0.4, 0.5) is 8.78 Å². The van der Waals surface area contributed by atoms with Crippen molar-refractivity contribution in [3.8, 4) is 11.5 Å². The second-order valence-electron chi connectivity index (χ2n) is 5.25. The number of benzene rings is 1. The van der Waals surface area contributed by atoms with E-state index in [1.165, 1.54) is 14.2 Å². The molecule has 23 heavy (non-hydrogen) atoms. The van der Waals surface area contributed by atoms with Crippen LogP contribution in [0.2, 0.25) is 0 Å². The minimum Gasteiger partial charge on any atom is -0.497 e. The number of ether oxygens (including phenoxy) is 2. The molecule has 1 atom stereocenters. The highest BCUT2D eigenvalue weighted by molar-refractivity contribution is 5.85. The second kappa shape index (κ2) is 8.63. The largest absolute Gasteiger partial charge is 0.497 e. The predicted molar refractivity (Wildman–Crippen MR) is 86.0 cm³/mol. The molecule has 132 valence electrons. The van der Waals surface area contributed by atoms with Crippen molar-refractivity contribution in [3.63, 3.8) is 0 Å². The smallest absolute Gasteiger partial charge is 0.289 e. The van der Waals surface area contributed by atoms with E-state index in [2.05, 4.69) is 5.32 Å². The van der Waals surface area contributed by atoms with Crippen LogP contribution in [0.3, 0.4) is 0 Å². The van der Waals surface area contributed by atoms with E-state index in [1.54, 1.807) is 23.1 Å². The molecular formula is C15H23ClF2N2O3. The van der Waals surface area contributed by atoms with E-state index in [4.69, 9.17) is 14.6 Å². The van der Waals surface area contributed by atoms with Gasteiger partial charge in [-0.25, -0.2) is 8.78 Å². The van der Waals surface area contributed by atoms with Gasteiger partial charge >= 0.3 is 0 Å². The van der Waals surface area contributed by atoms with Gasteiger partial charge in [-0.1, -0.05) is 0 Å². The predicted octanol–water partition coefficient (Wildman–Crippen LogP) is 1.70. The first-order chi connectivity index (χ1) is 10.5. The summed E-state index contributed by atoms with van der Waals surface area (Å²) < 4.78 is 39.1. The molecule has 0 aliphatic carbocycles. The highest BCUT2D eigenvalue weighted by atomic mass is 35.5. The van der Waals surface area contributed by atoms with E-state index in [9.17, 15) is 8.78 Å². The summed E-state index contributed by atoms with van der Waals surface area (Å²) in [5, 5.41) is 12.3. The summed E-state index contributed by atoms with van der Waals surface area (Å²) in [5.74, 6) is -2.36. The second-order valence-corrected chi connectivity index (χ2v) is 5.25. The average molecular weight is 353 g/mol. The summed E-state index contributed by atoms with van der Waals surface area (Å²) >= 11 is 0. The third-order valence-electron chi connectivity index (χ3n) is 3.82. The zero-order chi connectivity index (χ0) is 16.2. The fraction of sp³-hybridized carbons (Fsp3) is 0.600. The maximum atomic E-state index is 14.4. The Morgan fingerprint density at radius 3 is 2.13 bits per heavy atom. The number of aliphatic hydroxyl groups is 1. The number of rotatable bonds is 6. The minimum absolute atomic E-state index is 0. The number of nitrogens with one attached hydrogen (secondary N) is 1. The van der Waals surface area contributed by atoms with Crippen molar-refractivity contribution in [2.75, 3.05) is 47.0 Å². The van der Waals surface area contributed by atoms with Gasteiger partial charge in [-0.05, 0) is 17.7 Å². The molecule has 0 unspecified atom stereocenters. The van der Waals surface area contributed by atoms with Crippen LogP contribution in [0.1, 0.15) is 11.6 Å². The van der Waals surface area contributed by atoms with Gasteiger partial charge in [-0.2, -0.15) is 0 Å². The molecule has 1 aromatic carbocycles. The summed E-state index contributed by atoms with van der Waals surface area (Å²) in [6.45, 7) is 1.04. The zero-order valence-corrected chi connectivity index (χ0v) is 14.0. The van der Waals surface area contributed by atoms with E-state index in [0.29, 0.717) is 43.2 Å². The molecule has 0 amide bonds. The fourth-order valence-electron chi connectivity index (χ4n) is 2.74. The van der Waals surface area contributed by atoms with Crippen molar-refractivity contribution in [2.24, 2.45) is 0 Å². The number of aliphatic hydroxyl groups excluding tert-OH is 1. The number of methoxy groups -OCH3 is 2. The molecule has 2 N–H and O–H groups in total. The quantitative estimate of drug-likeness (QED) is 0.816. The van der Waals surface area contributed by atoms with Gasteiger partial charge in [0, 0.05) is 32.2 Å². The lowest BCUT2D eigenvalue weighted by atomic mass is 9.97. The molecule has 2 rings (SSSR count). The Kier molecular flexibility index (Phi) is 7.47. The molecule has 0 aromatic heterocycles. The lowest BCUT2D eigenvalue weighted by molar-refractivity contribution is -0.118. The van der Waals surface area contributed by atoms with Gasteiger partial charge < -0.3 is 19.9 Å². The Morgan fingerprint density at radius 1 is 1.17 bits per heavy atom. The Bertz CT molecular complexity index is 477. The van der Waals surface area contributed by atoms with E-state index in [1.807, 2.05) is 0 Å². The van der Waals surface area contributed by atoms with Gasteiger partial charge in [0.2, 0.25) is 0 Å². The number of hydrogen-bond acceptors (Lipinski definition) is 5. The third kappa shape index (κ3) is 4.67. The number of hydrogen-bond donors (Lipinski definition) is 2.